The van der Waals surface area contributed by atoms with E-state index in [0.29, 0.717) is 23.1 Å². The van der Waals surface area contributed by atoms with Gasteiger partial charge in [0, 0.05) is 12.7 Å². The van der Waals surface area contributed by atoms with Gasteiger partial charge in [-0.15, -0.1) is 0 Å². The summed E-state index contributed by atoms with van der Waals surface area (Å²) < 4.78 is 0.663. The highest BCUT2D eigenvalue weighted by atomic mass is 79.9. The Labute approximate surface area is 113 Å². The molecule has 18 heavy (non-hydrogen) atoms. The van der Waals surface area contributed by atoms with Crippen molar-refractivity contribution in [2.45, 2.75) is 6.42 Å². The molecule has 1 aromatic heterocycles. The van der Waals surface area contributed by atoms with Crippen molar-refractivity contribution in [1.82, 2.24) is 10.3 Å². The van der Waals surface area contributed by atoms with E-state index in [-0.39, 0.29) is 11.7 Å². The van der Waals surface area contributed by atoms with Crippen LogP contribution in [0.4, 0.5) is 0 Å². The summed E-state index contributed by atoms with van der Waals surface area (Å²) >= 11 is 3.26. The third kappa shape index (κ3) is 3.13. The smallest absolute Gasteiger partial charge is 0.267 e. The van der Waals surface area contributed by atoms with Crippen LogP contribution in [0.1, 0.15) is 16.1 Å². The number of aromatic amines is 1. The predicted molar refractivity (Wildman–Crippen MR) is 72.6 cm³/mol. The summed E-state index contributed by atoms with van der Waals surface area (Å²) in [7, 11) is 0. The van der Waals surface area contributed by atoms with Crippen molar-refractivity contribution in [3.63, 3.8) is 0 Å². The van der Waals surface area contributed by atoms with Crippen LogP contribution in [0.5, 0.6) is 5.75 Å². The number of H-pyrrole nitrogens is 1. The Balaban J connectivity index is 1.85. The molecule has 94 valence electrons. The predicted octanol–water partition coefficient (Wildman–Crippen LogP) is 2.46. The van der Waals surface area contributed by atoms with E-state index in [9.17, 15) is 9.90 Å². The third-order valence-corrected chi connectivity index (χ3v) is 3.19. The van der Waals surface area contributed by atoms with Crippen LogP contribution in [0.2, 0.25) is 0 Å². The molecule has 0 bridgehead atoms. The molecule has 0 saturated carbocycles. The van der Waals surface area contributed by atoms with Crippen molar-refractivity contribution in [2.75, 3.05) is 6.54 Å². The van der Waals surface area contributed by atoms with Gasteiger partial charge in [-0.2, -0.15) is 0 Å². The van der Waals surface area contributed by atoms with Gasteiger partial charge in [-0.05, 0) is 52.2 Å². The number of phenols is 1. The van der Waals surface area contributed by atoms with Crippen LogP contribution in [0.25, 0.3) is 0 Å². The molecule has 2 rings (SSSR count). The number of rotatable bonds is 4. The largest absolute Gasteiger partial charge is 0.507 e. The van der Waals surface area contributed by atoms with Gasteiger partial charge in [0.15, 0.2) is 0 Å². The summed E-state index contributed by atoms with van der Waals surface area (Å²) in [6.07, 6.45) is 2.43. The summed E-state index contributed by atoms with van der Waals surface area (Å²) in [5.74, 6) is 0.104. The van der Waals surface area contributed by atoms with E-state index in [1.807, 2.05) is 12.1 Å². The minimum atomic E-state index is -0.113. The Morgan fingerprint density at radius 3 is 2.89 bits per heavy atom. The molecule has 0 aliphatic heterocycles. The van der Waals surface area contributed by atoms with Crippen molar-refractivity contribution in [3.05, 3.63) is 52.3 Å². The van der Waals surface area contributed by atoms with Gasteiger partial charge >= 0.3 is 0 Å². The highest BCUT2D eigenvalue weighted by Crippen LogP contribution is 2.24. The average Bonchev–Trinajstić information content (AvgIpc) is 2.87. The third-order valence-electron chi connectivity index (χ3n) is 2.55. The first-order chi connectivity index (χ1) is 8.66. The molecule has 0 unspecified atom stereocenters. The van der Waals surface area contributed by atoms with Gasteiger partial charge in [-0.3, -0.25) is 4.79 Å². The molecule has 1 aromatic carbocycles. The maximum Gasteiger partial charge on any atom is 0.267 e. The van der Waals surface area contributed by atoms with E-state index in [2.05, 4.69) is 26.2 Å². The summed E-state index contributed by atoms with van der Waals surface area (Å²) in [5, 5.41) is 12.2. The van der Waals surface area contributed by atoms with Crippen LogP contribution >= 0.6 is 15.9 Å². The van der Waals surface area contributed by atoms with Crippen LogP contribution in [-0.4, -0.2) is 22.5 Å². The van der Waals surface area contributed by atoms with Gasteiger partial charge in [-0.25, -0.2) is 0 Å². The summed E-state index contributed by atoms with van der Waals surface area (Å²) in [6, 6.07) is 8.82. The van der Waals surface area contributed by atoms with Crippen LogP contribution in [0.15, 0.2) is 41.0 Å². The second kappa shape index (κ2) is 5.73. The van der Waals surface area contributed by atoms with E-state index >= 15 is 0 Å². The Bertz CT molecular complexity index is 538. The highest BCUT2D eigenvalue weighted by Gasteiger charge is 2.05. The molecular formula is C13H13BrN2O2. The molecule has 0 atom stereocenters. The molecule has 4 nitrogen and oxygen atoms in total. The lowest BCUT2D eigenvalue weighted by Crippen LogP contribution is -2.25. The lowest BCUT2D eigenvalue weighted by molar-refractivity contribution is 0.0950. The van der Waals surface area contributed by atoms with Gasteiger partial charge in [0.1, 0.15) is 11.4 Å². The maximum atomic E-state index is 11.6. The van der Waals surface area contributed by atoms with E-state index in [4.69, 9.17) is 0 Å². The first-order valence-corrected chi connectivity index (χ1v) is 6.35. The van der Waals surface area contributed by atoms with Gasteiger partial charge in [0.25, 0.3) is 5.91 Å². The normalized spacial score (nSPS) is 10.3. The van der Waals surface area contributed by atoms with Crippen molar-refractivity contribution in [3.8, 4) is 5.75 Å². The molecule has 0 saturated heterocycles. The molecular weight excluding hydrogens is 296 g/mol. The summed E-state index contributed by atoms with van der Waals surface area (Å²) in [6.45, 7) is 0.551. The number of halogens is 1. The summed E-state index contributed by atoms with van der Waals surface area (Å²) in [4.78, 5) is 14.5. The van der Waals surface area contributed by atoms with Crippen LogP contribution in [-0.2, 0) is 6.42 Å². The van der Waals surface area contributed by atoms with Crippen molar-refractivity contribution < 1.29 is 9.90 Å². The minimum Gasteiger partial charge on any atom is -0.507 e. The fourth-order valence-corrected chi connectivity index (χ4v) is 2.02. The molecule has 1 heterocycles. The van der Waals surface area contributed by atoms with Crippen molar-refractivity contribution in [2.24, 2.45) is 0 Å². The number of hydrogen-bond donors (Lipinski definition) is 3. The zero-order chi connectivity index (χ0) is 13.0. The van der Waals surface area contributed by atoms with Gasteiger partial charge < -0.3 is 15.4 Å². The first-order valence-electron chi connectivity index (χ1n) is 5.56. The van der Waals surface area contributed by atoms with E-state index in [1.165, 1.54) is 0 Å². The second-order valence-electron chi connectivity index (χ2n) is 3.88. The van der Waals surface area contributed by atoms with E-state index < -0.39 is 0 Å². The number of carbonyl (C=O) groups is 1. The molecule has 0 aliphatic rings. The number of nitrogens with one attached hydrogen (secondary N) is 2. The average molecular weight is 309 g/mol. The lowest BCUT2D eigenvalue weighted by Gasteiger charge is -2.05. The minimum absolute atomic E-state index is 0.113. The Kier molecular flexibility index (Phi) is 4.04. The van der Waals surface area contributed by atoms with Gasteiger partial charge in [0.2, 0.25) is 0 Å². The fraction of sp³-hybridized carbons (Fsp3) is 0.154. The quantitative estimate of drug-likeness (QED) is 0.812. The molecule has 0 fully saturated rings. The Morgan fingerprint density at radius 2 is 2.22 bits per heavy atom. The SMILES string of the molecule is O=C(NCCc1ccc(O)c(Br)c1)c1ccc[nH]1. The van der Waals surface area contributed by atoms with Gasteiger partial charge in [0.05, 0.1) is 4.47 Å². The number of aromatic hydroxyl groups is 1. The molecule has 0 spiro atoms. The monoisotopic (exact) mass is 308 g/mol. The van der Waals surface area contributed by atoms with Crippen LogP contribution in [0, 0.1) is 0 Å². The summed E-state index contributed by atoms with van der Waals surface area (Å²) in [5.41, 5.74) is 1.60. The Hall–Kier alpha value is -1.75. The van der Waals surface area contributed by atoms with Crippen molar-refractivity contribution >= 4 is 21.8 Å². The van der Waals surface area contributed by atoms with Gasteiger partial charge in [-0.1, -0.05) is 6.07 Å². The van der Waals surface area contributed by atoms with Crippen LogP contribution < -0.4 is 5.32 Å². The zero-order valence-electron chi connectivity index (χ0n) is 9.61. The lowest BCUT2D eigenvalue weighted by atomic mass is 10.1. The van der Waals surface area contributed by atoms with E-state index in [0.717, 1.165) is 5.56 Å². The molecule has 2 aromatic rings. The molecule has 0 aliphatic carbocycles. The highest BCUT2D eigenvalue weighted by molar-refractivity contribution is 9.10. The molecule has 0 radical (unpaired) electrons. The van der Waals surface area contributed by atoms with Crippen molar-refractivity contribution in [1.29, 1.82) is 0 Å². The fourth-order valence-electron chi connectivity index (χ4n) is 1.59. The Morgan fingerprint density at radius 1 is 1.39 bits per heavy atom. The number of hydrogen-bond acceptors (Lipinski definition) is 2. The van der Waals surface area contributed by atoms with E-state index in [1.54, 1.807) is 24.4 Å². The number of aromatic nitrogens is 1. The molecule has 5 heteroatoms. The second-order valence-corrected chi connectivity index (χ2v) is 4.73. The number of benzene rings is 1. The van der Waals surface area contributed by atoms with Crippen LogP contribution in [0.3, 0.4) is 0 Å². The number of amides is 1. The zero-order valence-corrected chi connectivity index (χ0v) is 11.2. The topological polar surface area (TPSA) is 65.1 Å². The number of phenolic OH excluding ortho intramolecular Hbond substituents is 1. The first kappa shape index (κ1) is 12.7. The molecule has 3 N–H and O–H groups in total. The maximum absolute atomic E-state index is 11.6. The molecule has 1 amide bonds. The number of carbonyl (C=O) groups excluding carboxylic acids is 1. The standard InChI is InChI=1S/C13H13BrN2O2/c14-10-8-9(3-4-12(10)17)5-7-16-13(18)11-2-1-6-15-11/h1-4,6,8,15,17H,5,7H2,(H,16,18).